The number of hydrogen-bond donors (Lipinski definition) is 0. The summed E-state index contributed by atoms with van der Waals surface area (Å²) in [6, 6.07) is 8.45. The summed E-state index contributed by atoms with van der Waals surface area (Å²) in [5.41, 5.74) is 2.67. The van der Waals surface area contributed by atoms with Gasteiger partial charge in [-0.1, -0.05) is 24.3 Å². The Hall–Kier alpha value is -1.88. The maximum Gasteiger partial charge on any atom is 0.225 e. The van der Waals surface area contributed by atoms with Gasteiger partial charge in [-0.2, -0.15) is 0 Å². The number of amides is 2. The number of nitrogens with zero attached hydrogens (tertiary/aromatic N) is 3. The molecule has 1 aliphatic carbocycles. The van der Waals surface area contributed by atoms with Crippen molar-refractivity contribution in [3.63, 3.8) is 0 Å². The number of benzene rings is 1. The molecule has 0 atom stereocenters. The van der Waals surface area contributed by atoms with Crippen molar-refractivity contribution in [2.75, 3.05) is 39.8 Å². The topological polar surface area (TPSA) is 43.9 Å². The van der Waals surface area contributed by atoms with E-state index in [9.17, 15) is 9.59 Å². The molecule has 2 aliphatic heterocycles. The third kappa shape index (κ3) is 4.03. The largest absolute Gasteiger partial charge is 0.340 e. The predicted molar refractivity (Wildman–Crippen MR) is 105 cm³/mol. The number of rotatable bonds is 2. The highest BCUT2D eigenvalue weighted by Gasteiger charge is 2.35. The van der Waals surface area contributed by atoms with Crippen molar-refractivity contribution in [2.24, 2.45) is 11.8 Å². The van der Waals surface area contributed by atoms with Gasteiger partial charge in [-0.25, -0.2) is 0 Å². The Bertz CT molecular complexity index is 689. The quantitative estimate of drug-likeness (QED) is 0.802. The summed E-state index contributed by atoms with van der Waals surface area (Å²) in [6.45, 7) is 5.21. The van der Waals surface area contributed by atoms with Gasteiger partial charge < -0.3 is 14.7 Å². The molecule has 0 radical (unpaired) electrons. The van der Waals surface area contributed by atoms with Crippen LogP contribution < -0.4 is 0 Å². The van der Waals surface area contributed by atoms with Gasteiger partial charge in [-0.15, -0.1) is 0 Å². The SMILES string of the molecule is CN1CCN(C(=O)C2CCC(C(=O)N3CCc4ccccc4C3)CC2)CC1. The molecule has 5 heteroatoms. The fourth-order valence-electron chi connectivity index (χ4n) is 4.81. The Morgan fingerprint density at radius 2 is 1.33 bits per heavy atom. The molecule has 0 N–H and O–H groups in total. The van der Waals surface area contributed by atoms with Crippen LogP contribution in [-0.4, -0.2) is 66.3 Å². The Balaban J connectivity index is 1.29. The maximum absolute atomic E-state index is 13.0. The van der Waals surface area contributed by atoms with Gasteiger partial charge in [0.1, 0.15) is 0 Å². The average Bonchev–Trinajstić information content (AvgIpc) is 2.73. The minimum absolute atomic E-state index is 0.104. The lowest BCUT2D eigenvalue weighted by Gasteiger charge is -2.37. The second-order valence-corrected chi connectivity index (χ2v) is 8.46. The molecule has 1 saturated carbocycles. The van der Waals surface area contributed by atoms with Gasteiger partial charge in [-0.3, -0.25) is 9.59 Å². The van der Waals surface area contributed by atoms with Crippen LogP contribution in [-0.2, 0) is 22.6 Å². The fraction of sp³-hybridized carbons (Fsp3) is 0.636. The Kier molecular flexibility index (Phi) is 5.48. The average molecular weight is 370 g/mol. The van der Waals surface area contributed by atoms with Crippen molar-refractivity contribution in [2.45, 2.75) is 38.6 Å². The van der Waals surface area contributed by atoms with Gasteiger partial charge in [0.15, 0.2) is 0 Å². The molecule has 0 spiro atoms. The molecular formula is C22H31N3O2. The molecule has 3 aliphatic rings. The van der Waals surface area contributed by atoms with Crippen molar-refractivity contribution in [1.29, 1.82) is 0 Å². The van der Waals surface area contributed by atoms with Crippen molar-refractivity contribution >= 4 is 11.8 Å². The van der Waals surface area contributed by atoms with E-state index in [-0.39, 0.29) is 11.8 Å². The van der Waals surface area contributed by atoms with Crippen LogP contribution >= 0.6 is 0 Å². The predicted octanol–water partition coefficient (Wildman–Crippen LogP) is 2.15. The first-order valence-corrected chi connectivity index (χ1v) is 10.4. The highest BCUT2D eigenvalue weighted by molar-refractivity contribution is 5.81. The first kappa shape index (κ1) is 18.5. The molecule has 146 valence electrons. The van der Waals surface area contributed by atoms with Crippen LogP contribution in [0.25, 0.3) is 0 Å². The molecule has 4 rings (SSSR count). The highest BCUT2D eigenvalue weighted by atomic mass is 16.2. The van der Waals surface area contributed by atoms with Gasteiger partial charge in [0.25, 0.3) is 0 Å². The number of carbonyl (C=O) groups excluding carboxylic acids is 2. The van der Waals surface area contributed by atoms with Crippen molar-refractivity contribution in [3.8, 4) is 0 Å². The van der Waals surface area contributed by atoms with Crippen LogP contribution in [0.2, 0.25) is 0 Å². The summed E-state index contributed by atoms with van der Waals surface area (Å²) >= 11 is 0. The van der Waals surface area contributed by atoms with Gasteiger partial charge >= 0.3 is 0 Å². The minimum Gasteiger partial charge on any atom is -0.340 e. The van der Waals surface area contributed by atoms with Crippen molar-refractivity contribution < 1.29 is 9.59 Å². The van der Waals surface area contributed by atoms with Crippen LogP contribution in [0.15, 0.2) is 24.3 Å². The summed E-state index contributed by atoms with van der Waals surface area (Å²) < 4.78 is 0. The van der Waals surface area contributed by atoms with Gasteiger partial charge in [-0.05, 0) is 50.3 Å². The first-order chi connectivity index (χ1) is 13.1. The van der Waals surface area contributed by atoms with Crippen molar-refractivity contribution in [3.05, 3.63) is 35.4 Å². The summed E-state index contributed by atoms with van der Waals surface area (Å²) in [5.74, 6) is 0.849. The molecule has 2 amide bonds. The number of piperazine rings is 1. The van der Waals surface area contributed by atoms with E-state index in [4.69, 9.17) is 0 Å². The summed E-state index contributed by atoms with van der Waals surface area (Å²) in [4.78, 5) is 32.1. The fourth-order valence-corrected chi connectivity index (χ4v) is 4.81. The van der Waals surface area contributed by atoms with Crippen molar-refractivity contribution in [1.82, 2.24) is 14.7 Å². The lowest BCUT2D eigenvalue weighted by Crippen LogP contribution is -2.49. The third-order valence-corrected chi connectivity index (χ3v) is 6.68. The highest BCUT2D eigenvalue weighted by Crippen LogP contribution is 2.32. The molecule has 1 aromatic carbocycles. The normalized spacial score (nSPS) is 26.6. The number of carbonyl (C=O) groups is 2. The van der Waals surface area contributed by atoms with Gasteiger partial charge in [0.05, 0.1) is 0 Å². The zero-order valence-corrected chi connectivity index (χ0v) is 16.4. The standard InChI is InChI=1S/C22H31N3O2/c1-23-12-14-24(15-13-23)21(26)18-6-8-19(9-7-18)22(27)25-11-10-17-4-2-3-5-20(17)16-25/h2-5,18-19H,6-16H2,1H3. The zero-order valence-electron chi connectivity index (χ0n) is 16.4. The lowest BCUT2D eigenvalue weighted by atomic mass is 9.80. The monoisotopic (exact) mass is 369 g/mol. The smallest absolute Gasteiger partial charge is 0.225 e. The van der Waals surface area contributed by atoms with E-state index in [0.717, 1.165) is 71.4 Å². The van der Waals surface area contributed by atoms with Gasteiger partial charge in [0.2, 0.25) is 11.8 Å². The van der Waals surface area contributed by atoms with Crippen LogP contribution in [0, 0.1) is 11.8 Å². The second kappa shape index (κ2) is 8.01. The number of hydrogen-bond acceptors (Lipinski definition) is 3. The lowest BCUT2D eigenvalue weighted by molar-refractivity contribution is -0.142. The van der Waals surface area contributed by atoms with E-state index >= 15 is 0 Å². The first-order valence-electron chi connectivity index (χ1n) is 10.4. The minimum atomic E-state index is 0.104. The number of fused-ring (bicyclic) bond motifs is 1. The molecule has 0 bridgehead atoms. The molecule has 0 unspecified atom stereocenters. The Morgan fingerprint density at radius 3 is 1.96 bits per heavy atom. The summed E-state index contributed by atoms with van der Waals surface area (Å²) in [6.07, 6.45) is 4.42. The van der Waals surface area contributed by atoms with E-state index in [2.05, 4.69) is 36.2 Å². The van der Waals surface area contributed by atoms with E-state index in [0.29, 0.717) is 11.8 Å². The molecule has 2 fully saturated rings. The molecule has 27 heavy (non-hydrogen) atoms. The third-order valence-electron chi connectivity index (χ3n) is 6.68. The maximum atomic E-state index is 13.0. The van der Waals surface area contributed by atoms with E-state index in [1.165, 1.54) is 11.1 Å². The second-order valence-electron chi connectivity index (χ2n) is 8.46. The van der Waals surface area contributed by atoms with Crippen LogP contribution in [0.5, 0.6) is 0 Å². The van der Waals surface area contributed by atoms with Crippen LogP contribution in [0.4, 0.5) is 0 Å². The molecule has 2 heterocycles. The van der Waals surface area contributed by atoms with Crippen LogP contribution in [0.1, 0.15) is 36.8 Å². The van der Waals surface area contributed by atoms with E-state index < -0.39 is 0 Å². The molecule has 0 aromatic heterocycles. The zero-order chi connectivity index (χ0) is 18.8. The van der Waals surface area contributed by atoms with E-state index in [1.807, 2.05) is 9.80 Å². The van der Waals surface area contributed by atoms with Gasteiger partial charge in [0, 0.05) is 51.1 Å². The Morgan fingerprint density at radius 1 is 0.778 bits per heavy atom. The molecule has 5 nitrogen and oxygen atoms in total. The molecular weight excluding hydrogens is 338 g/mol. The number of likely N-dealkylation sites (N-methyl/N-ethyl adjacent to an activating group) is 1. The van der Waals surface area contributed by atoms with E-state index in [1.54, 1.807) is 0 Å². The summed E-state index contributed by atoms with van der Waals surface area (Å²) in [5, 5.41) is 0. The molecule has 1 saturated heterocycles. The summed E-state index contributed by atoms with van der Waals surface area (Å²) in [7, 11) is 2.11. The molecule has 1 aromatic rings. The van der Waals surface area contributed by atoms with Crippen LogP contribution in [0.3, 0.4) is 0 Å². The Labute approximate surface area is 162 Å².